The Morgan fingerprint density at radius 2 is 1.57 bits per heavy atom. The van der Waals surface area contributed by atoms with E-state index in [0.717, 1.165) is 18.2 Å². The maximum Gasteiger partial charge on any atom is 0.239 e. The molecule has 2 aromatic carbocycles. The van der Waals surface area contributed by atoms with E-state index in [1.54, 1.807) is 0 Å². The predicted octanol–water partition coefficient (Wildman–Crippen LogP) is -0.745. The zero-order valence-electron chi connectivity index (χ0n) is 22.2. The first-order valence-corrected chi connectivity index (χ1v) is 12.8. The van der Waals surface area contributed by atoms with E-state index in [2.05, 4.69) is 0 Å². The Labute approximate surface area is 236 Å². The van der Waals surface area contributed by atoms with Crippen LogP contribution in [0.3, 0.4) is 0 Å². The molecular formula is C27H30O15. The summed E-state index contributed by atoms with van der Waals surface area (Å²) in [6, 6.07) is 5.86. The normalized spacial score (nSPS) is 31.6. The molecule has 0 spiro atoms. The molecule has 9 atom stereocenters. The van der Waals surface area contributed by atoms with Crippen LogP contribution in [0.15, 0.2) is 39.5 Å². The number of ether oxygens (including phenoxy) is 5. The van der Waals surface area contributed by atoms with Crippen molar-refractivity contribution in [3.8, 4) is 40.1 Å². The second-order valence-corrected chi connectivity index (χ2v) is 9.97. The highest BCUT2D eigenvalue weighted by Crippen LogP contribution is 2.39. The first-order valence-electron chi connectivity index (χ1n) is 12.8. The Kier molecular flexibility index (Phi) is 8.19. The van der Waals surface area contributed by atoms with E-state index >= 15 is 0 Å². The molecule has 15 heteroatoms. The van der Waals surface area contributed by atoms with E-state index in [9.17, 15) is 45.6 Å². The maximum absolute atomic E-state index is 13.7. The van der Waals surface area contributed by atoms with Gasteiger partial charge in [-0.3, -0.25) is 4.79 Å². The van der Waals surface area contributed by atoms with Crippen molar-refractivity contribution in [3.05, 3.63) is 40.6 Å². The molecule has 0 radical (unpaired) electrons. The molecule has 2 aliphatic rings. The lowest BCUT2D eigenvalue weighted by atomic mass is 9.99. The van der Waals surface area contributed by atoms with E-state index in [0.29, 0.717) is 0 Å². The number of rotatable bonds is 6. The minimum Gasteiger partial charge on any atom is -0.508 e. The Hall–Kier alpha value is -3.67. The van der Waals surface area contributed by atoms with E-state index in [1.807, 2.05) is 0 Å². The standard InChI is InChI=1S/C27H30O15/c1-9-18(31)21(34)23(36)27(39-9)41-16-8-38-26(22(35)19(16)32)42-25-20(33)17-14(37-2)6-11(28)7-15(17)40-24(25)10-3-4-12(29)13(30)5-10/h3-7,9,16,18-19,21-23,26-32,34-36H,8H2,1-2H3/t9-,16-,18-,19-,21+,22+,23+,26-,27-/m0/s1. The molecule has 228 valence electrons. The summed E-state index contributed by atoms with van der Waals surface area (Å²) in [5.41, 5.74) is -0.871. The summed E-state index contributed by atoms with van der Waals surface area (Å²) in [5.74, 6) is -2.14. The number of benzene rings is 2. The molecule has 1 aromatic heterocycles. The first-order chi connectivity index (χ1) is 19.9. The summed E-state index contributed by atoms with van der Waals surface area (Å²) in [6.07, 6.45) is -13.5. The molecule has 0 saturated carbocycles. The Morgan fingerprint density at radius 3 is 2.26 bits per heavy atom. The van der Waals surface area contributed by atoms with Crippen molar-refractivity contribution in [1.29, 1.82) is 0 Å². The van der Waals surface area contributed by atoms with Gasteiger partial charge in [-0.1, -0.05) is 0 Å². The highest BCUT2D eigenvalue weighted by Gasteiger charge is 2.47. The summed E-state index contributed by atoms with van der Waals surface area (Å²) < 4.78 is 33.3. The number of aliphatic hydroxyl groups is 5. The van der Waals surface area contributed by atoms with Crippen molar-refractivity contribution in [3.63, 3.8) is 0 Å². The molecule has 0 bridgehead atoms. The number of hydrogen-bond donors (Lipinski definition) is 8. The third kappa shape index (κ3) is 5.32. The van der Waals surface area contributed by atoms with E-state index in [4.69, 9.17) is 28.1 Å². The third-order valence-corrected chi connectivity index (χ3v) is 7.15. The van der Waals surface area contributed by atoms with Gasteiger partial charge in [-0.05, 0) is 25.1 Å². The number of phenols is 3. The Balaban J connectivity index is 1.47. The maximum atomic E-state index is 13.7. The average Bonchev–Trinajstić information content (AvgIpc) is 2.96. The minimum atomic E-state index is -1.84. The first kappa shape index (κ1) is 29.8. The van der Waals surface area contributed by atoms with Gasteiger partial charge in [0.1, 0.15) is 59.1 Å². The number of hydrogen-bond acceptors (Lipinski definition) is 15. The molecule has 42 heavy (non-hydrogen) atoms. The molecule has 15 nitrogen and oxygen atoms in total. The van der Waals surface area contributed by atoms with Gasteiger partial charge in [-0.15, -0.1) is 0 Å². The summed E-state index contributed by atoms with van der Waals surface area (Å²) >= 11 is 0. The fraction of sp³-hybridized carbons (Fsp3) is 0.444. The van der Waals surface area contributed by atoms with E-state index < -0.39 is 84.6 Å². The molecule has 3 heterocycles. The quantitative estimate of drug-likeness (QED) is 0.164. The SMILES string of the molecule is COc1cc(O)cc2oc(-c3ccc(O)c(O)c3)c(O[C@@H]3OC[C@H](O[C@@H]4O[C@@H](C)[C@H](O)[C@@H](O)[C@H]4O)[C@H](O)[C@H]3O)c(=O)c12. The molecule has 0 aliphatic carbocycles. The minimum absolute atomic E-state index is 0.0603. The van der Waals surface area contributed by atoms with Crippen LogP contribution in [0.4, 0.5) is 0 Å². The van der Waals surface area contributed by atoms with Crippen LogP contribution in [-0.4, -0.2) is 110 Å². The van der Waals surface area contributed by atoms with Gasteiger partial charge in [-0.25, -0.2) is 0 Å². The fourth-order valence-electron chi connectivity index (χ4n) is 4.78. The summed E-state index contributed by atoms with van der Waals surface area (Å²) in [7, 11) is 1.26. The molecule has 2 fully saturated rings. The van der Waals surface area contributed by atoms with Crippen LogP contribution in [0.1, 0.15) is 6.92 Å². The molecule has 5 rings (SSSR count). The summed E-state index contributed by atoms with van der Waals surface area (Å²) in [6.45, 7) is 1.01. The van der Waals surface area contributed by atoms with Gasteiger partial charge in [0, 0.05) is 17.7 Å². The number of fused-ring (bicyclic) bond motifs is 1. The van der Waals surface area contributed by atoms with Gasteiger partial charge in [0.05, 0.1) is 19.8 Å². The number of methoxy groups -OCH3 is 1. The lowest BCUT2D eigenvalue weighted by Gasteiger charge is -2.43. The molecule has 0 unspecified atom stereocenters. The lowest BCUT2D eigenvalue weighted by molar-refractivity contribution is -0.333. The lowest BCUT2D eigenvalue weighted by Crippen LogP contribution is -2.61. The van der Waals surface area contributed by atoms with Gasteiger partial charge >= 0.3 is 0 Å². The van der Waals surface area contributed by atoms with Gasteiger partial charge in [0.2, 0.25) is 17.5 Å². The highest BCUT2D eigenvalue weighted by molar-refractivity contribution is 5.88. The molecule has 3 aromatic rings. The predicted molar refractivity (Wildman–Crippen MR) is 139 cm³/mol. The summed E-state index contributed by atoms with van der Waals surface area (Å²) in [5, 5.41) is 81.5. The van der Waals surface area contributed by atoms with Crippen molar-refractivity contribution < 1.29 is 69.0 Å². The molecule has 8 N–H and O–H groups in total. The zero-order valence-corrected chi connectivity index (χ0v) is 22.2. The van der Waals surface area contributed by atoms with Crippen molar-refractivity contribution in [2.45, 2.75) is 62.2 Å². The highest BCUT2D eigenvalue weighted by atomic mass is 16.7. The zero-order chi connectivity index (χ0) is 30.5. The third-order valence-electron chi connectivity index (χ3n) is 7.15. The Bertz CT molecular complexity index is 1510. The second-order valence-electron chi connectivity index (χ2n) is 9.97. The van der Waals surface area contributed by atoms with Crippen LogP contribution in [0.25, 0.3) is 22.3 Å². The van der Waals surface area contributed by atoms with Crippen LogP contribution in [-0.2, 0) is 14.2 Å². The van der Waals surface area contributed by atoms with Crippen molar-refractivity contribution >= 4 is 11.0 Å². The van der Waals surface area contributed by atoms with Gasteiger partial charge in [0.25, 0.3) is 0 Å². The average molecular weight is 595 g/mol. The van der Waals surface area contributed by atoms with Crippen molar-refractivity contribution in [2.75, 3.05) is 13.7 Å². The van der Waals surface area contributed by atoms with Crippen LogP contribution in [0.2, 0.25) is 0 Å². The number of phenolic OH excluding ortho intramolecular Hbond substituents is 3. The van der Waals surface area contributed by atoms with E-state index in [1.165, 1.54) is 26.2 Å². The van der Waals surface area contributed by atoms with Crippen LogP contribution in [0, 0.1) is 0 Å². The van der Waals surface area contributed by atoms with Gasteiger partial charge in [0.15, 0.2) is 23.5 Å². The van der Waals surface area contributed by atoms with Gasteiger partial charge in [-0.2, -0.15) is 0 Å². The van der Waals surface area contributed by atoms with Crippen LogP contribution < -0.4 is 14.9 Å². The monoisotopic (exact) mass is 594 g/mol. The smallest absolute Gasteiger partial charge is 0.239 e. The van der Waals surface area contributed by atoms with Gasteiger partial charge < -0.3 is 69.0 Å². The van der Waals surface area contributed by atoms with Crippen LogP contribution in [0.5, 0.6) is 28.7 Å². The number of aliphatic hydroxyl groups excluding tert-OH is 5. The molecule has 2 aliphatic heterocycles. The summed E-state index contributed by atoms with van der Waals surface area (Å²) in [4.78, 5) is 13.7. The largest absolute Gasteiger partial charge is 0.508 e. The Morgan fingerprint density at radius 1 is 0.857 bits per heavy atom. The van der Waals surface area contributed by atoms with Crippen molar-refractivity contribution in [1.82, 2.24) is 0 Å². The van der Waals surface area contributed by atoms with E-state index in [-0.39, 0.29) is 33.8 Å². The topological polar surface area (TPSA) is 238 Å². The fourth-order valence-corrected chi connectivity index (χ4v) is 4.78. The second kappa shape index (κ2) is 11.5. The van der Waals surface area contributed by atoms with Crippen molar-refractivity contribution in [2.24, 2.45) is 0 Å². The number of aromatic hydroxyl groups is 3. The molecule has 2 saturated heterocycles. The van der Waals surface area contributed by atoms with Crippen LogP contribution >= 0.6 is 0 Å². The molecule has 0 amide bonds. The molecular weight excluding hydrogens is 564 g/mol.